The lowest BCUT2D eigenvalue weighted by atomic mass is 9.97. The van der Waals surface area contributed by atoms with Crippen LogP contribution >= 0.6 is 0 Å². The third-order valence-corrected chi connectivity index (χ3v) is 3.58. The second kappa shape index (κ2) is 6.04. The van der Waals surface area contributed by atoms with Crippen molar-refractivity contribution in [2.24, 2.45) is 0 Å². The first-order valence-electron chi connectivity index (χ1n) is 7.09. The van der Waals surface area contributed by atoms with Crippen LogP contribution in [0.1, 0.15) is 33.4 Å². The summed E-state index contributed by atoms with van der Waals surface area (Å²) in [6.45, 7) is 8.29. The number of ketones is 1. The van der Waals surface area contributed by atoms with Crippen molar-refractivity contribution in [2.75, 3.05) is 0 Å². The van der Waals surface area contributed by atoms with Gasteiger partial charge >= 0.3 is 0 Å². The van der Waals surface area contributed by atoms with Gasteiger partial charge in [0, 0.05) is 12.8 Å². The number of aryl methyl sites for hydroxylation is 4. The highest BCUT2D eigenvalue weighted by molar-refractivity contribution is 5.83. The number of hydrogen-bond acceptors (Lipinski definition) is 1. The molecule has 0 saturated carbocycles. The maximum Gasteiger partial charge on any atom is 0.141 e. The molecule has 0 saturated heterocycles. The SMILES string of the molecule is Cc1cc(C)cc(CC(=O)Cc2cc(C)ccc2C)c1. The lowest BCUT2D eigenvalue weighted by molar-refractivity contribution is -0.117. The van der Waals surface area contributed by atoms with Crippen LogP contribution in [0.3, 0.4) is 0 Å². The molecule has 0 aliphatic heterocycles. The lowest BCUT2D eigenvalue weighted by Gasteiger charge is -2.08. The number of carbonyl (C=O) groups is 1. The molecule has 0 bridgehead atoms. The van der Waals surface area contributed by atoms with Gasteiger partial charge in [-0.25, -0.2) is 0 Å². The molecule has 0 amide bonds. The van der Waals surface area contributed by atoms with Gasteiger partial charge in [0.25, 0.3) is 0 Å². The minimum Gasteiger partial charge on any atom is -0.299 e. The molecule has 20 heavy (non-hydrogen) atoms. The van der Waals surface area contributed by atoms with E-state index in [9.17, 15) is 4.79 Å². The predicted molar refractivity (Wildman–Crippen MR) is 84.2 cm³/mol. The van der Waals surface area contributed by atoms with Crippen LogP contribution in [0.4, 0.5) is 0 Å². The third kappa shape index (κ3) is 3.80. The van der Waals surface area contributed by atoms with E-state index in [-0.39, 0.29) is 5.78 Å². The Morgan fingerprint density at radius 1 is 0.800 bits per heavy atom. The van der Waals surface area contributed by atoms with Gasteiger partial charge in [0.05, 0.1) is 0 Å². The van der Waals surface area contributed by atoms with E-state index in [2.05, 4.69) is 64.1 Å². The van der Waals surface area contributed by atoms with Crippen LogP contribution in [0, 0.1) is 27.7 Å². The molecule has 2 rings (SSSR count). The average Bonchev–Trinajstić information content (AvgIpc) is 2.32. The molecule has 0 radical (unpaired) electrons. The zero-order chi connectivity index (χ0) is 14.7. The molecule has 104 valence electrons. The van der Waals surface area contributed by atoms with Gasteiger partial charge in [-0.15, -0.1) is 0 Å². The zero-order valence-electron chi connectivity index (χ0n) is 12.8. The van der Waals surface area contributed by atoms with E-state index in [4.69, 9.17) is 0 Å². The summed E-state index contributed by atoms with van der Waals surface area (Å²) in [5.74, 6) is 0.281. The van der Waals surface area contributed by atoms with Crippen LogP contribution in [0.25, 0.3) is 0 Å². The second-order valence-corrected chi connectivity index (χ2v) is 5.82. The molecule has 0 aromatic heterocycles. The first-order chi connectivity index (χ1) is 9.44. The normalized spacial score (nSPS) is 10.6. The minimum atomic E-state index is 0.281. The summed E-state index contributed by atoms with van der Waals surface area (Å²) >= 11 is 0. The summed E-state index contributed by atoms with van der Waals surface area (Å²) in [4.78, 5) is 12.3. The number of rotatable bonds is 4. The van der Waals surface area contributed by atoms with Crippen molar-refractivity contribution < 1.29 is 4.79 Å². The van der Waals surface area contributed by atoms with Gasteiger partial charge < -0.3 is 0 Å². The van der Waals surface area contributed by atoms with Crippen molar-refractivity contribution in [3.63, 3.8) is 0 Å². The van der Waals surface area contributed by atoms with Gasteiger partial charge in [-0.2, -0.15) is 0 Å². The third-order valence-electron chi connectivity index (χ3n) is 3.58. The highest BCUT2D eigenvalue weighted by Crippen LogP contribution is 2.14. The smallest absolute Gasteiger partial charge is 0.141 e. The van der Waals surface area contributed by atoms with Gasteiger partial charge in [-0.05, 0) is 44.4 Å². The Balaban J connectivity index is 2.11. The van der Waals surface area contributed by atoms with E-state index in [0.717, 1.165) is 11.1 Å². The van der Waals surface area contributed by atoms with Gasteiger partial charge in [0.2, 0.25) is 0 Å². The Morgan fingerprint density at radius 3 is 2.10 bits per heavy atom. The van der Waals surface area contributed by atoms with Crippen LogP contribution in [-0.2, 0) is 17.6 Å². The summed E-state index contributed by atoms with van der Waals surface area (Å²) in [7, 11) is 0. The standard InChI is InChI=1S/C19H22O/c1-13-5-6-16(4)18(10-13)12-19(20)11-17-8-14(2)7-15(3)9-17/h5-10H,11-12H2,1-4H3. The molecular weight excluding hydrogens is 244 g/mol. The Kier molecular flexibility index (Phi) is 4.39. The van der Waals surface area contributed by atoms with E-state index in [1.54, 1.807) is 0 Å². The molecule has 0 atom stereocenters. The quantitative estimate of drug-likeness (QED) is 0.807. The predicted octanol–water partition coefficient (Wildman–Crippen LogP) is 4.27. The van der Waals surface area contributed by atoms with Crippen LogP contribution < -0.4 is 0 Å². The van der Waals surface area contributed by atoms with Gasteiger partial charge in [0.15, 0.2) is 0 Å². The van der Waals surface area contributed by atoms with Crippen LogP contribution in [-0.4, -0.2) is 5.78 Å². The zero-order valence-corrected chi connectivity index (χ0v) is 12.8. The van der Waals surface area contributed by atoms with Crippen molar-refractivity contribution in [1.82, 2.24) is 0 Å². The number of hydrogen-bond donors (Lipinski definition) is 0. The van der Waals surface area contributed by atoms with Crippen LogP contribution in [0.15, 0.2) is 36.4 Å². The molecule has 0 aliphatic carbocycles. The highest BCUT2D eigenvalue weighted by atomic mass is 16.1. The molecule has 1 heteroatoms. The van der Waals surface area contributed by atoms with E-state index >= 15 is 0 Å². The largest absolute Gasteiger partial charge is 0.299 e. The Morgan fingerprint density at radius 2 is 1.45 bits per heavy atom. The maximum atomic E-state index is 12.3. The number of carbonyl (C=O) groups excluding carboxylic acids is 1. The van der Waals surface area contributed by atoms with Crippen molar-refractivity contribution in [3.8, 4) is 0 Å². The summed E-state index contributed by atoms with van der Waals surface area (Å²) < 4.78 is 0. The van der Waals surface area contributed by atoms with Crippen LogP contribution in [0.2, 0.25) is 0 Å². The van der Waals surface area contributed by atoms with Gasteiger partial charge in [-0.1, -0.05) is 53.1 Å². The molecule has 0 aliphatic rings. The molecular formula is C19H22O. The van der Waals surface area contributed by atoms with Crippen molar-refractivity contribution >= 4 is 5.78 Å². The van der Waals surface area contributed by atoms with E-state index in [1.165, 1.54) is 22.3 Å². The molecule has 0 fully saturated rings. The van der Waals surface area contributed by atoms with Crippen molar-refractivity contribution in [3.05, 3.63) is 69.8 Å². The number of benzene rings is 2. The highest BCUT2D eigenvalue weighted by Gasteiger charge is 2.08. The molecule has 2 aromatic rings. The average molecular weight is 266 g/mol. The summed E-state index contributed by atoms with van der Waals surface area (Å²) in [6, 6.07) is 12.7. The number of Topliss-reactive ketones (excluding diaryl/α,β-unsaturated/α-hetero) is 1. The van der Waals surface area contributed by atoms with Crippen molar-refractivity contribution in [1.29, 1.82) is 0 Å². The topological polar surface area (TPSA) is 17.1 Å². The summed E-state index contributed by atoms with van der Waals surface area (Å²) in [5, 5.41) is 0. The van der Waals surface area contributed by atoms with E-state index in [0.29, 0.717) is 12.8 Å². The van der Waals surface area contributed by atoms with E-state index in [1.807, 2.05) is 0 Å². The molecule has 2 aromatic carbocycles. The van der Waals surface area contributed by atoms with Gasteiger partial charge in [0.1, 0.15) is 5.78 Å². The monoisotopic (exact) mass is 266 g/mol. The molecule has 0 N–H and O–H groups in total. The molecule has 1 nitrogen and oxygen atoms in total. The molecule has 0 spiro atoms. The summed E-state index contributed by atoms with van der Waals surface area (Å²) in [6.07, 6.45) is 1.05. The van der Waals surface area contributed by atoms with E-state index < -0.39 is 0 Å². The second-order valence-electron chi connectivity index (χ2n) is 5.82. The summed E-state index contributed by atoms with van der Waals surface area (Å²) in [5.41, 5.74) is 7.13. The fourth-order valence-corrected chi connectivity index (χ4v) is 2.66. The minimum absolute atomic E-state index is 0.281. The molecule has 0 unspecified atom stereocenters. The Bertz CT molecular complexity index is 618. The first kappa shape index (κ1) is 14.5. The Hall–Kier alpha value is -1.89. The lowest BCUT2D eigenvalue weighted by Crippen LogP contribution is -2.08. The van der Waals surface area contributed by atoms with Gasteiger partial charge in [-0.3, -0.25) is 4.79 Å². The molecule has 0 heterocycles. The fraction of sp³-hybridized carbons (Fsp3) is 0.316. The van der Waals surface area contributed by atoms with Crippen LogP contribution in [0.5, 0.6) is 0 Å². The Labute approximate surface area is 121 Å². The fourth-order valence-electron chi connectivity index (χ4n) is 2.66. The van der Waals surface area contributed by atoms with Crippen molar-refractivity contribution in [2.45, 2.75) is 40.5 Å². The first-order valence-corrected chi connectivity index (χ1v) is 7.09. The maximum absolute atomic E-state index is 12.3.